The first kappa shape index (κ1) is 23.0. The van der Waals surface area contributed by atoms with Crippen molar-refractivity contribution in [3.05, 3.63) is 58.9 Å². The number of amides is 2. The van der Waals surface area contributed by atoms with E-state index >= 15 is 0 Å². The first-order chi connectivity index (χ1) is 13.6. The second kappa shape index (κ2) is 9.98. The lowest BCUT2D eigenvalue weighted by molar-refractivity contribution is 0.260. The van der Waals surface area contributed by atoms with Crippen LogP contribution in [0.4, 0.5) is 14.9 Å². The number of benzene rings is 2. The molecule has 158 valence electrons. The third-order valence-corrected chi connectivity index (χ3v) is 5.44. The zero-order valence-electron chi connectivity index (χ0n) is 17.8. The maximum atomic E-state index is 14.0. The normalized spacial score (nSPS) is 12.8. The molecule has 29 heavy (non-hydrogen) atoms. The Bertz CT molecular complexity index is 918. The molecule has 5 nitrogen and oxygen atoms in total. The Labute approximate surface area is 174 Å². The van der Waals surface area contributed by atoms with Crippen molar-refractivity contribution >= 4 is 22.3 Å². The first-order valence-electron chi connectivity index (χ1n) is 9.60. The van der Waals surface area contributed by atoms with Gasteiger partial charge in [-0.25, -0.2) is 9.18 Å². The molecule has 0 bridgehead atoms. The third-order valence-electron chi connectivity index (χ3n) is 4.43. The Hall–Kier alpha value is -2.25. The van der Waals surface area contributed by atoms with Crippen molar-refractivity contribution in [2.24, 2.45) is 4.36 Å². The summed E-state index contributed by atoms with van der Waals surface area (Å²) in [6, 6.07) is 9.30. The van der Waals surface area contributed by atoms with Gasteiger partial charge >= 0.3 is 6.03 Å². The van der Waals surface area contributed by atoms with Gasteiger partial charge in [-0.2, -0.15) is 10.6 Å². The fraction of sp³-hybridized carbons (Fsp3) is 0.409. The number of urea groups is 1. The van der Waals surface area contributed by atoms with E-state index in [0.717, 1.165) is 12.1 Å². The molecule has 0 radical (unpaired) electrons. The van der Waals surface area contributed by atoms with Crippen molar-refractivity contribution in [2.45, 2.75) is 51.0 Å². The Morgan fingerprint density at radius 3 is 2.03 bits per heavy atom. The van der Waals surface area contributed by atoms with Gasteiger partial charge in [0.05, 0.1) is 0 Å². The minimum absolute atomic E-state index is 0.00763. The van der Waals surface area contributed by atoms with Crippen LogP contribution in [0.15, 0.2) is 45.7 Å². The fourth-order valence-electron chi connectivity index (χ4n) is 3.04. The first-order valence-corrected chi connectivity index (χ1v) is 10.7. The number of rotatable bonds is 6. The highest BCUT2D eigenvalue weighted by Gasteiger charge is 2.17. The van der Waals surface area contributed by atoms with Crippen molar-refractivity contribution in [1.82, 2.24) is 4.90 Å². The average molecular weight is 419 g/mol. The number of nitrogens with zero attached hydrogens (tertiary/aromatic N) is 2. The number of anilines is 1. The molecule has 0 aromatic heterocycles. The predicted molar refractivity (Wildman–Crippen MR) is 116 cm³/mol. The predicted octanol–water partition coefficient (Wildman–Crippen LogP) is 5.87. The van der Waals surface area contributed by atoms with Crippen LogP contribution in [0.2, 0.25) is 0 Å². The largest absolute Gasteiger partial charge is 0.439 e. The van der Waals surface area contributed by atoms with Crippen LogP contribution in [0, 0.1) is 5.82 Å². The highest BCUT2D eigenvalue weighted by molar-refractivity contribution is 7.75. The molecule has 0 aliphatic carbocycles. The van der Waals surface area contributed by atoms with Crippen molar-refractivity contribution in [3.8, 4) is 0 Å². The maximum Gasteiger partial charge on any atom is 0.322 e. The Morgan fingerprint density at radius 2 is 1.59 bits per heavy atom. The SMILES string of the molecule is CC(C)c1cc(F)cc(C(C)C)c1NC(=O)N=[S-](=O)c1ccc(CN(C)C)cc1. The Kier molecular flexibility index (Phi) is 7.93. The molecule has 0 saturated heterocycles. The standard InChI is InChI=1S/C22H29FN3O2S/c1-14(2)19-11-17(23)12-20(15(3)4)21(19)24-22(27)25-29(28)18-9-7-16(8-10-18)13-26(5)6/h7-12,14-15H,13H2,1-6H3,(H,24,27)/q-1. The summed E-state index contributed by atoms with van der Waals surface area (Å²) in [6.45, 7) is 8.49. The molecule has 1 N–H and O–H groups in total. The van der Waals surface area contributed by atoms with Crippen LogP contribution < -0.4 is 5.32 Å². The molecular formula is C22H29FN3O2S-. The zero-order chi connectivity index (χ0) is 21.7. The summed E-state index contributed by atoms with van der Waals surface area (Å²) in [7, 11) is 2.12. The number of carbonyl (C=O) groups excluding carboxylic acids is 1. The minimum atomic E-state index is -1.82. The van der Waals surface area contributed by atoms with E-state index in [9.17, 15) is 13.4 Å². The Morgan fingerprint density at radius 1 is 1.07 bits per heavy atom. The van der Waals surface area contributed by atoms with Crippen LogP contribution in [-0.2, 0) is 21.3 Å². The van der Waals surface area contributed by atoms with Crippen molar-refractivity contribution in [2.75, 3.05) is 19.4 Å². The number of carbonyl (C=O) groups is 1. The van der Waals surface area contributed by atoms with Crippen LogP contribution in [0.5, 0.6) is 0 Å². The fourth-order valence-corrected chi connectivity index (χ4v) is 3.71. The van der Waals surface area contributed by atoms with Gasteiger partial charge in [-0.15, -0.1) is 0 Å². The van der Waals surface area contributed by atoms with Crippen LogP contribution in [-0.4, -0.2) is 25.0 Å². The smallest absolute Gasteiger partial charge is 0.322 e. The van der Waals surface area contributed by atoms with E-state index in [1.165, 1.54) is 12.1 Å². The topological polar surface area (TPSA) is 61.8 Å². The van der Waals surface area contributed by atoms with Gasteiger partial charge in [0, 0.05) is 12.2 Å². The number of hydrogen-bond donors (Lipinski definition) is 1. The molecule has 7 heteroatoms. The highest BCUT2D eigenvalue weighted by atomic mass is 32.2. The third kappa shape index (κ3) is 6.37. The van der Waals surface area contributed by atoms with Crippen LogP contribution in [0.25, 0.3) is 0 Å². The Balaban J connectivity index is 2.29. The van der Waals surface area contributed by atoms with E-state index in [0.29, 0.717) is 21.7 Å². The van der Waals surface area contributed by atoms with Gasteiger partial charge in [0.25, 0.3) is 0 Å². The summed E-state index contributed by atoms with van der Waals surface area (Å²) < 4.78 is 30.3. The van der Waals surface area contributed by atoms with Crippen molar-refractivity contribution in [1.29, 1.82) is 0 Å². The van der Waals surface area contributed by atoms with E-state index in [1.807, 2.05) is 58.8 Å². The number of nitrogens with one attached hydrogen (secondary N) is 1. The summed E-state index contributed by atoms with van der Waals surface area (Å²) in [5.41, 5.74) is 3.00. The molecule has 2 aromatic carbocycles. The second-order valence-electron chi connectivity index (χ2n) is 7.92. The lowest BCUT2D eigenvalue weighted by Gasteiger charge is -2.20. The summed E-state index contributed by atoms with van der Waals surface area (Å²) in [5.74, 6) is -0.324. The summed E-state index contributed by atoms with van der Waals surface area (Å²) in [5, 5.41) is 2.74. The lowest BCUT2D eigenvalue weighted by Crippen LogP contribution is -2.13. The molecule has 2 amide bonds. The van der Waals surface area contributed by atoms with Crippen LogP contribution in [0.1, 0.15) is 56.2 Å². The molecule has 0 spiro atoms. The highest BCUT2D eigenvalue weighted by Crippen LogP contribution is 2.33. The van der Waals surface area contributed by atoms with Gasteiger partial charge in [-0.1, -0.05) is 56.9 Å². The molecule has 0 saturated carbocycles. The number of hydrogen-bond acceptors (Lipinski definition) is 4. The van der Waals surface area contributed by atoms with Gasteiger partial charge in [0.2, 0.25) is 0 Å². The molecular weight excluding hydrogens is 389 g/mol. The molecule has 0 aliphatic heterocycles. The van der Waals surface area contributed by atoms with Crippen molar-refractivity contribution < 1.29 is 13.4 Å². The lowest BCUT2D eigenvalue weighted by atomic mass is 9.92. The van der Waals surface area contributed by atoms with E-state index < -0.39 is 16.6 Å². The quantitative estimate of drug-likeness (QED) is 0.597. The minimum Gasteiger partial charge on any atom is -0.439 e. The molecule has 2 rings (SSSR count). The second-order valence-corrected chi connectivity index (χ2v) is 9.07. The zero-order valence-corrected chi connectivity index (χ0v) is 18.6. The summed E-state index contributed by atoms with van der Waals surface area (Å²) in [4.78, 5) is 15.0. The summed E-state index contributed by atoms with van der Waals surface area (Å²) >= 11 is 0. The van der Waals surface area contributed by atoms with Crippen LogP contribution in [0.3, 0.4) is 0 Å². The molecule has 0 fully saturated rings. The molecule has 0 heterocycles. The number of halogens is 1. The van der Waals surface area contributed by atoms with Crippen molar-refractivity contribution in [3.63, 3.8) is 0 Å². The van der Waals surface area contributed by atoms with Gasteiger partial charge in [-0.3, -0.25) is 0 Å². The maximum absolute atomic E-state index is 14.0. The van der Waals surface area contributed by atoms with Gasteiger partial charge in [-0.05, 0) is 54.8 Å². The average Bonchev–Trinajstić information content (AvgIpc) is 2.62. The monoisotopic (exact) mass is 418 g/mol. The molecule has 2 aromatic rings. The molecule has 0 atom stereocenters. The van der Waals surface area contributed by atoms with Gasteiger partial charge in [0.15, 0.2) is 0 Å². The van der Waals surface area contributed by atoms with E-state index in [1.54, 1.807) is 12.1 Å². The van der Waals surface area contributed by atoms with E-state index in [2.05, 4.69) is 9.68 Å². The van der Waals surface area contributed by atoms with E-state index in [-0.39, 0.29) is 17.7 Å². The molecule has 0 aliphatic rings. The van der Waals surface area contributed by atoms with E-state index in [4.69, 9.17) is 0 Å². The van der Waals surface area contributed by atoms with Gasteiger partial charge in [0.1, 0.15) is 5.82 Å². The summed E-state index contributed by atoms with van der Waals surface area (Å²) in [6.07, 6.45) is 0. The molecule has 0 unspecified atom stereocenters. The van der Waals surface area contributed by atoms with Gasteiger partial charge < -0.3 is 18.8 Å². The van der Waals surface area contributed by atoms with Crippen LogP contribution >= 0.6 is 0 Å².